The van der Waals surface area contributed by atoms with Crippen LogP contribution in [0.3, 0.4) is 0 Å². The van der Waals surface area contributed by atoms with Crippen molar-refractivity contribution < 1.29 is 28.7 Å². The second-order valence-corrected chi connectivity index (χ2v) is 15.8. The number of likely N-dealkylation sites (tertiary alicyclic amines) is 1. The highest BCUT2D eigenvalue weighted by Gasteiger charge is 2.43. The summed E-state index contributed by atoms with van der Waals surface area (Å²) in [6.45, 7) is 23.4. The number of hydrogen-bond donors (Lipinski definition) is 0. The summed E-state index contributed by atoms with van der Waals surface area (Å²) in [5.41, 5.74) is -0.104. The first kappa shape index (κ1) is 45.2. The first-order chi connectivity index (χ1) is 22.9. The maximum absolute atomic E-state index is 14.1. The van der Waals surface area contributed by atoms with Gasteiger partial charge in [0, 0.05) is 58.0 Å². The first-order valence-electron chi connectivity index (χ1n) is 19.3. The molecular weight excluding hydrogens is 618 g/mol. The van der Waals surface area contributed by atoms with Crippen LogP contribution in [0.5, 0.6) is 0 Å². The number of nitrogens with zero attached hydrogens (tertiary/aromatic N) is 3. The molecule has 1 heterocycles. The lowest BCUT2D eigenvalue weighted by atomic mass is 9.85. The van der Waals surface area contributed by atoms with Crippen LogP contribution in [0.25, 0.3) is 0 Å². The maximum Gasteiger partial charge on any atom is 0.225 e. The molecule has 1 aliphatic heterocycles. The van der Waals surface area contributed by atoms with Crippen LogP contribution in [0.2, 0.25) is 0 Å². The van der Waals surface area contributed by atoms with Gasteiger partial charge >= 0.3 is 0 Å². The zero-order chi connectivity index (χ0) is 37.8. The lowest BCUT2D eigenvalue weighted by Gasteiger charge is -2.44. The fraction of sp³-hybridized carbons (Fsp3) is 0.900. The van der Waals surface area contributed by atoms with Crippen LogP contribution < -0.4 is 0 Å². The Morgan fingerprint density at radius 2 is 1.43 bits per heavy atom. The van der Waals surface area contributed by atoms with Crippen molar-refractivity contribution in [1.29, 1.82) is 0 Å². The van der Waals surface area contributed by atoms with Gasteiger partial charge in [-0.25, -0.2) is 0 Å². The highest BCUT2D eigenvalue weighted by molar-refractivity contribution is 5.90. The number of likely N-dealkylation sites (N-methyl/N-ethyl adjacent to an activating group) is 2. The van der Waals surface area contributed by atoms with Gasteiger partial charge < -0.3 is 19.3 Å². The van der Waals surface area contributed by atoms with Crippen molar-refractivity contribution in [2.24, 2.45) is 29.6 Å². The standard InChI is InChI=1S/C40H75N3O6/c1-16-27(7)23-32(44)30(10)38(49-15)31-21-20-22-43(31)35(46)25-34(48-14)37(28(8)17-2)41(12)39(47)29(9)24-33(45)36(26(5)6)42(13)40(11,18-3)19-4/h26-31,34,36-38H,16-25H2,1-15H3/t27-,28+,29-,30+,31+,34-,36+,37+,38-/m1/s1. The summed E-state index contributed by atoms with van der Waals surface area (Å²) in [6, 6.07) is -0.823. The Bertz CT molecular complexity index is 1050. The van der Waals surface area contributed by atoms with Crippen molar-refractivity contribution in [2.75, 3.05) is 34.9 Å². The minimum absolute atomic E-state index is 0.0481. The van der Waals surface area contributed by atoms with Crippen molar-refractivity contribution in [3.8, 4) is 0 Å². The van der Waals surface area contributed by atoms with Crippen LogP contribution in [0.1, 0.15) is 134 Å². The molecule has 0 radical (unpaired) electrons. The minimum atomic E-state index is -0.532. The van der Waals surface area contributed by atoms with E-state index in [9.17, 15) is 19.2 Å². The van der Waals surface area contributed by atoms with Gasteiger partial charge in [0.05, 0.1) is 36.8 Å². The van der Waals surface area contributed by atoms with E-state index in [-0.39, 0.29) is 83.7 Å². The van der Waals surface area contributed by atoms with E-state index >= 15 is 0 Å². The van der Waals surface area contributed by atoms with Crippen molar-refractivity contribution in [2.45, 2.75) is 170 Å². The van der Waals surface area contributed by atoms with Gasteiger partial charge in [-0.3, -0.25) is 24.1 Å². The highest BCUT2D eigenvalue weighted by atomic mass is 16.5. The Balaban J connectivity index is 3.21. The Hall–Kier alpha value is -1.84. The zero-order valence-electron chi connectivity index (χ0n) is 34.1. The molecule has 0 spiro atoms. The van der Waals surface area contributed by atoms with E-state index in [0.717, 1.165) is 38.5 Å². The minimum Gasteiger partial charge on any atom is -0.379 e. The average Bonchev–Trinajstić information content (AvgIpc) is 3.56. The molecule has 0 aliphatic carbocycles. The molecular formula is C40H75N3O6. The summed E-state index contributed by atoms with van der Waals surface area (Å²) >= 11 is 0. The second-order valence-electron chi connectivity index (χ2n) is 15.8. The quantitative estimate of drug-likeness (QED) is 0.113. The van der Waals surface area contributed by atoms with Gasteiger partial charge in [-0.05, 0) is 57.4 Å². The third-order valence-electron chi connectivity index (χ3n) is 12.3. The van der Waals surface area contributed by atoms with Crippen LogP contribution in [-0.4, -0.2) is 109 Å². The predicted molar refractivity (Wildman–Crippen MR) is 199 cm³/mol. The summed E-state index contributed by atoms with van der Waals surface area (Å²) in [7, 11) is 7.07. The number of amides is 2. The van der Waals surface area contributed by atoms with Crippen LogP contribution in [0.15, 0.2) is 0 Å². The van der Waals surface area contributed by atoms with Gasteiger partial charge in [0.1, 0.15) is 5.78 Å². The number of ketones is 2. The van der Waals surface area contributed by atoms with Gasteiger partial charge in [-0.15, -0.1) is 0 Å². The van der Waals surface area contributed by atoms with Crippen LogP contribution in [-0.2, 0) is 28.7 Å². The van der Waals surface area contributed by atoms with Crippen molar-refractivity contribution >= 4 is 23.4 Å². The molecule has 286 valence electrons. The lowest BCUT2D eigenvalue weighted by Crippen LogP contribution is -2.55. The van der Waals surface area contributed by atoms with E-state index in [1.165, 1.54) is 0 Å². The molecule has 0 N–H and O–H groups in total. The van der Waals surface area contributed by atoms with Gasteiger partial charge in [-0.2, -0.15) is 0 Å². The number of hydrogen-bond acceptors (Lipinski definition) is 7. The van der Waals surface area contributed by atoms with Crippen LogP contribution in [0, 0.1) is 29.6 Å². The number of ether oxygens (including phenoxy) is 2. The Kier molecular flexibility index (Phi) is 19.2. The average molecular weight is 694 g/mol. The van der Waals surface area contributed by atoms with Crippen molar-refractivity contribution in [3.63, 3.8) is 0 Å². The van der Waals surface area contributed by atoms with E-state index in [4.69, 9.17) is 9.47 Å². The molecule has 1 saturated heterocycles. The van der Waals surface area contributed by atoms with E-state index in [1.54, 1.807) is 26.2 Å². The van der Waals surface area contributed by atoms with E-state index in [0.29, 0.717) is 18.9 Å². The molecule has 0 aromatic carbocycles. The third-order valence-corrected chi connectivity index (χ3v) is 12.3. The SMILES string of the molecule is CC[C@@H](C)CC(=O)[C@H](C)[C@@H](OC)[C@@H]1CCCN1C(=O)C[C@@H](OC)[C@H]([C@@H](C)CC)N(C)C(=O)[C@H](C)CC(=O)[C@H](C(C)C)N(C)C(C)(CC)CC. The van der Waals surface area contributed by atoms with E-state index in [2.05, 4.69) is 67.2 Å². The number of carbonyl (C=O) groups is 4. The second kappa shape index (κ2) is 20.9. The molecule has 2 amide bonds. The number of rotatable bonds is 23. The molecule has 9 atom stereocenters. The van der Waals surface area contributed by atoms with Crippen molar-refractivity contribution in [3.05, 3.63) is 0 Å². The Labute approximate surface area is 300 Å². The summed E-state index contributed by atoms with van der Waals surface area (Å²) < 4.78 is 11.9. The van der Waals surface area contributed by atoms with Gasteiger partial charge in [0.25, 0.3) is 0 Å². The summed E-state index contributed by atoms with van der Waals surface area (Å²) in [5.74, 6) is -0.250. The zero-order valence-corrected chi connectivity index (χ0v) is 34.1. The van der Waals surface area contributed by atoms with Crippen LogP contribution in [0.4, 0.5) is 0 Å². The molecule has 0 bridgehead atoms. The topological polar surface area (TPSA) is 96.5 Å². The fourth-order valence-corrected chi connectivity index (χ4v) is 7.99. The van der Waals surface area contributed by atoms with Crippen LogP contribution >= 0.6 is 0 Å². The molecule has 49 heavy (non-hydrogen) atoms. The highest BCUT2D eigenvalue weighted by Crippen LogP contribution is 2.32. The molecule has 1 rings (SSSR count). The Morgan fingerprint density at radius 3 is 1.90 bits per heavy atom. The molecule has 0 aromatic heterocycles. The summed E-state index contributed by atoms with van der Waals surface area (Å²) in [5, 5.41) is 0. The first-order valence-corrected chi connectivity index (χ1v) is 19.3. The normalized spacial score (nSPS) is 20.4. The summed E-state index contributed by atoms with van der Waals surface area (Å²) in [4.78, 5) is 60.9. The molecule has 0 saturated carbocycles. The van der Waals surface area contributed by atoms with E-state index < -0.39 is 12.0 Å². The summed E-state index contributed by atoms with van der Waals surface area (Å²) in [6.07, 6.45) is 5.11. The number of Topliss-reactive ketones (excluding diaryl/α,β-unsaturated/α-hetero) is 2. The largest absolute Gasteiger partial charge is 0.379 e. The van der Waals surface area contributed by atoms with Crippen molar-refractivity contribution in [1.82, 2.24) is 14.7 Å². The molecule has 0 unspecified atom stereocenters. The van der Waals surface area contributed by atoms with E-state index in [1.807, 2.05) is 25.8 Å². The smallest absolute Gasteiger partial charge is 0.225 e. The third kappa shape index (κ3) is 11.6. The fourth-order valence-electron chi connectivity index (χ4n) is 7.99. The predicted octanol–water partition coefficient (Wildman–Crippen LogP) is 7.04. The molecule has 9 heteroatoms. The number of carbonyl (C=O) groups excluding carboxylic acids is 4. The molecule has 0 aromatic rings. The maximum atomic E-state index is 14.1. The Morgan fingerprint density at radius 1 is 0.837 bits per heavy atom. The van der Waals surface area contributed by atoms with Gasteiger partial charge in [0.2, 0.25) is 11.8 Å². The lowest BCUT2D eigenvalue weighted by molar-refractivity contribution is -0.148. The number of methoxy groups -OCH3 is 2. The molecule has 9 nitrogen and oxygen atoms in total. The monoisotopic (exact) mass is 694 g/mol. The van der Waals surface area contributed by atoms with Gasteiger partial charge in [-0.1, -0.05) is 82.1 Å². The molecule has 1 aliphatic rings. The van der Waals surface area contributed by atoms with Gasteiger partial charge in [0.15, 0.2) is 5.78 Å². The molecule has 1 fully saturated rings.